The first-order chi connectivity index (χ1) is 10.8. The van der Waals surface area contributed by atoms with Crippen LogP contribution in [-0.2, 0) is 4.74 Å². The average Bonchev–Trinajstić information content (AvgIpc) is 2.52. The molecule has 2 rings (SSSR count). The fraction of sp³-hybridized carbons (Fsp3) is 0.176. The smallest absolute Gasteiger partial charge is 0.338 e. The van der Waals surface area contributed by atoms with Gasteiger partial charge in [-0.15, -0.1) is 0 Å². The van der Waals surface area contributed by atoms with Crippen molar-refractivity contribution in [3.05, 3.63) is 68.7 Å². The third kappa shape index (κ3) is 4.98. The fourth-order valence-corrected chi connectivity index (χ4v) is 2.13. The van der Waals surface area contributed by atoms with E-state index in [1.807, 2.05) is 0 Å². The van der Waals surface area contributed by atoms with E-state index >= 15 is 0 Å². The van der Waals surface area contributed by atoms with Gasteiger partial charge >= 0.3 is 11.9 Å². The lowest BCUT2D eigenvalue weighted by atomic mass is 10.1. The molecule has 0 saturated heterocycles. The van der Waals surface area contributed by atoms with Crippen molar-refractivity contribution in [1.29, 1.82) is 0 Å². The zero-order valence-electron chi connectivity index (χ0n) is 12.9. The Hall–Kier alpha value is -2.04. The Morgan fingerprint density at radius 3 is 1.74 bits per heavy atom. The van der Waals surface area contributed by atoms with E-state index < -0.39 is 5.97 Å². The quantitative estimate of drug-likeness (QED) is 0.788. The highest BCUT2D eigenvalue weighted by Crippen LogP contribution is 2.19. The summed E-state index contributed by atoms with van der Waals surface area (Å²) in [7, 11) is 1.35. The van der Waals surface area contributed by atoms with Gasteiger partial charge in [0.1, 0.15) is 0 Å². The molecule has 1 N–H and O–H groups in total. The number of carboxylic acid groups (broad SMARTS) is 1. The Morgan fingerprint density at radius 2 is 1.35 bits per heavy atom. The van der Waals surface area contributed by atoms with Gasteiger partial charge in [-0.25, -0.2) is 9.59 Å². The summed E-state index contributed by atoms with van der Waals surface area (Å²) in [4.78, 5) is 21.6. The number of aromatic carboxylic acids is 1. The average molecular weight is 355 g/mol. The molecule has 2 aromatic rings. The van der Waals surface area contributed by atoms with E-state index in [9.17, 15) is 9.59 Å². The molecule has 0 fully saturated rings. The van der Waals surface area contributed by atoms with Gasteiger partial charge in [-0.3, -0.25) is 0 Å². The normalized spacial score (nSPS) is 9.61. The number of carbonyl (C=O) groups excluding carboxylic acids is 1. The summed E-state index contributed by atoms with van der Waals surface area (Å²) in [5, 5.41) is 9.70. The number of ether oxygens (including phenoxy) is 1. The lowest BCUT2D eigenvalue weighted by Crippen LogP contribution is -2.03. The van der Waals surface area contributed by atoms with Crippen LogP contribution in [0.2, 0.25) is 10.0 Å². The van der Waals surface area contributed by atoms with Gasteiger partial charge in [-0.05, 0) is 49.2 Å². The molecular weight excluding hydrogens is 339 g/mol. The van der Waals surface area contributed by atoms with Crippen LogP contribution < -0.4 is 0 Å². The van der Waals surface area contributed by atoms with Crippen LogP contribution in [0.3, 0.4) is 0 Å². The van der Waals surface area contributed by atoms with Crippen LogP contribution in [-0.4, -0.2) is 24.2 Å². The van der Waals surface area contributed by atoms with Gasteiger partial charge in [-0.1, -0.05) is 35.3 Å². The Balaban J connectivity index is 0.000000231. The Labute approximate surface area is 144 Å². The minimum atomic E-state index is -0.940. The van der Waals surface area contributed by atoms with Gasteiger partial charge in [0.05, 0.1) is 18.2 Å². The molecule has 122 valence electrons. The van der Waals surface area contributed by atoms with Crippen molar-refractivity contribution in [3.63, 3.8) is 0 Å². The maximum atomic E-state index is 11.1. The third-order valence-electron chi connectivity index (χ3n) is 3.17. The molecule has 23 heavy (non-hydrogen) atoms. The van der Waals surface area contributed by atoms with E-state index in [-0.39, 0.29) is 11.5 Å². The number of esters is 1. The van der Waals surface area contributed by atoms with Gasteiger partial charge in [0.15, 0.2) is 0 Å². The highest BCUT2D eigenvalue weighted by atomic mass is 35.5. The van der Waals surface area contributed by atoms with E-state index in [2.05, 4.69) is 4.74 Å². The molecule has 0 amide bonds. The zero-order chi connectivity index (χ0) is 17.6. The standard InChI is InChI=1S/C9H9ClO2.C8H7ClO2/c1-6-7(9(11)12-2)4-3-5-8(6)10;1-5-6(8(10)11)3-2-4-7(5)9/h3-5H,1-2H3;2-4H,1H3,(H,10,11). The fourth-order valence-electron chi connectivity index (χ4n) is 1.78. The maximum Gasteiger partial charge on any atom is 0.338 e. The third-order valence-corrected chi connectivity index (χ3v) is 3.99. The zero-order valence-corrected chi connectivity index (χ0v) is 14.4. The molecule has 0 heterocycles. The molecule has 0 aromatic heterocycles. The van der Waals surface area contributed by atoms with Crippen molar-refractivity contribution in [2.45, 2.75) is 13.8 Å². The number of methoxy groups -OCH3 is 1. The Bertz CT molecular complexity index is 727. The maximum absolute atomic E-state index is 11.1. The number of hydrogen-bond acceptors (Lipinski definition) is 3. The molecule has 4 nitrogen and oxygen atoms in total. The molecule has 0 saturated carbocycles. The molecule has 0 radical (unpaired) electrons. The topological polar surface area (TPSA) is 63.6 Å². The minimum Gasteiger partial charge on any atom is -0.478 e. The predicted octanol–water partition coefficient (Wildman–Crippen LogP) is 4.78. The summed E-state index contributed by atoms with van der Waals surface area (Å²) in [6.45, 7) is 3.47. The first-order valence-corrected chi connectivity index (χ1v) is 7.37. The monoisotopic (exact) mass is 354 g/mol. The molecule has 0 aliphatic heterocycles. The van der Waals surface area contributed by atoms with Crippen LogP contribution in [0.1, 0.15) is 31.8 Å². The largest absolute Gasteiger partial charge is 0.478 e. The summed E-state index contributed by atoms with van der Waals surface area (Å²) in [6, 6.07) is 9.98. The molecule has 2 aromatic carbocycles. The van der Waals surface area contributed by atoms with Crippen LogP contribution in [0.5, 0.6) is 0 Å². The van der Waals surface area contributed by atoms with Gasteiger partial charge in [0, 0.05) is 10.0 Å². The van der Waals surface area contributed by atoms with Gasteiger partial charge in [0.25, 0.3) is 0 Å². The number of carbonyl (C=O) groups is 2. The van der Waals surface area contributed by atoms with E-state index in [0.717, 1.165) is 5.56 Å². The minimum absolute atomic E-state index is 0.262. The summed E-state index contributed by atoms with van der Waals surface area (Å²) in [5.74, 6) is -1.29. The highest BCUT2D eigenvalue weighted by Gasteiger charge is 2.10. The summed E-state index contributed by atoms with van der Waals surface area (Å²) in [6.07, 6.45) is 0. The van der Waals surface area contributed by atoms with E-state index in [1.54, 1.807) is 44.2 Å². The summed E-state index contributed by atoms with van der Waals surface area (Å²) < 4.78 is 4.57. The molecular formula is C17H16Cl2O4. The molecule has 0 aliphatic carbocycles. The molecule has 0 atom stereocenters. The summed E-state index contributed by atoms with van der Waals surface area (Å²) in [5.41, 5.74) is 2.15. The van der Waals surface area contributed by atoms with Crippen LogP contribution in [0.4, 0.5) is 0 Å². The number of halogens is 2. The molecule has 0 unspecified atom stereocenters. The lowest BCUT2D eigenvalue weighted by Gasteiger charge is -2.03. The van der Waals surface area contributed by atoms with Crippen molar-refractivity contribution >= 4 is 35.1 Å². The lowest BCUT2D eigenvalue weighted by molar-refractivity contribution is 0.0599. The number of benzene rings is 2. The molecule has 0 bridgehead atoms. The number of rotatable bonds is 2. The second-order valence-electron chi connectivity index (χ2n) is 4.62. The molecule has 0 spiro atoms. The van der Waals surface area contributed by atoms with Gasteiger partial charge in [-0.2, -0.15) is 0 Å². The van der Waals surface area contributed by atoms with Crippen molar-refractivity contribution in [2.75, 3.05) is 7.11 Å². The second kappa shape index (κ2) is 8.56. The Morgan fingerprint density at radius 1 is 0.913 bits per heavy atom. The highest BCUT2D eigenvalue weighted by molar-refractivity contribution is 6.32. The second-order valence-corrected chi connectivity index (χ2v) is 5.44. The first-order valence-electron chi connectivity index (χ1n) is 6.61. The van der Waals surface area contributed by atoms with Gasteiger partial charge < -0.3 is 9.84 Å². The van der Waals surface area contributed by atoms with Crippen molar-refractivity contribution in [1.82, 2.24) is 0 Å². The SMILES string of the molecule is COC(=O)c1cccc(Cl)c1C.Cc1c(Cl)cccc1C(=O)O. The van der Waals surface area contributed by atoms with E-state index in [1.165, 1.54) is 13.2 Å². The van der Waals surface area contributed by atoms with Crippen LogP contribution in [0.15, 0.2) is 36.4 Å². The van der Waals surface area contributed by atoms with Crippen molar-refractivity contribution in [3.8, 4) is 0 Å². The van der Waals surface area contributed by atoms with Crippen molar-refractivity contribution in [2.24, 2.45) is 0 Å². The summed E-state index contributed by atoms with van der Waals surface area (Å²) >= 11 is 11.5. The Kier molecular flexibility index (Phi) is 7.07. The first kappa shape index (κ1) is 19.0. The van der Waals surface area contributed by atoms with Crippen LogP contribution in [0, 0.1) is 13.8 Å². The number of carboxylic acids is 1. The van der Waals surface area contributed by atoms with E-state index in [0.29, 0.717) is 21.2 Å². The van der Waals surface area contributed by atoms with Gasteiger partial charge in [0.2, 0.25) is 0 Å². The molecule has 0 aliphatic rings. The number of hydrogen-bond donors (Lipinski definition) is 1. The van der Waals surface area contributed by atoms with Crippen LogP contribution >= 0.6 is 23.2 Å². The van der Waals surface area contributed by atoms with E-state index in [4.69, 9.17) is 28.3 Å². The van der Waals surface area contributed by atoms with Crippen LogP contribution in [0.25, 0.3) is 0 Å². The predicted molar refractivity (Wildman–Crippen MR) is 90.7 cm³/mol. The molecule has 6 heteroatoms. The van der Waals surface area contributed by atoms with Crippen molar-refractivity contribution < 1.29 is 19.4 Å².